The topological polar surface area (TPSA) is 4.93 Å². The Hall–Kier alpha value is -1.80. The van der Waals surface area contributed by atoms with Crippen molar-refractivity contribution in [2.75, 3.05) is 0 Å². The van der Waals surface area contributed by atoms with Crippen molar-refractivity contribution in [2.24, 2.45) is 0 Å². The second-order valence-corrected chi connectivity index (χ2v) is 8.04. The van der Waals surface area contributed by atoms with E-state index in [2.05, 4.69) is 88.1 Å². The number of hydrogen-bond acceptors (Lipinski definition) is 0. The van der Waals surface area contributed by atoms with Gasteiger partial charge < -0.3 is 4.57 Å². The van der Waals surface area contributed by atoms with Crippen LogP contribution in [0.25, 0.3) is 16.9 Å². The molecule has 1 aliphatic rings. The molecule has 0 spiro atoms. The van der Waals surface area contributed by atoms with Gasteiger partial charge in [0.2, 0.25) is 0 Å². The molecule has 2 heteroatoms. The first-order valence-corrected chi connectivity index (χ1v) is 10.1. The summed E-state index contributed by atoms with van der Waals surface area (Å²) in [7, 11) is 0. The van der Waals surface area contributed by atoms with Crippen LogP contribution in [-0.2, 0) is 0 Å². The molecule has 2 aromatic carbocycles. The van der Waals surface area contributed by atoms with Gasteiger partial charge in [-0.2, -0.15) is 0 Å². The smallest absolute Gasteiger partial charge is 0.0531 e. The molecule has 1 aliphatic carbocycles. The molecular formula is C23H24BrN. The van der Waals surface area contributed by atoms with E-state index in [9.17, 15) is 0 Å². The molecule has 25 heavy (non-hydrogen) atoms. The lowest BCUT2D eigenvalue weighted by atomic mass is 9.84. The van der Waals surface area contributed by atoms with Crippen LogP contribution in [-0.4, -0.2) is 4.57 Å². The predicted octanol–water partition coefficient (Wildman–Crippen LogP) is 7.26. The second kappa shape index (κ2) is 7.21. The summed E-state index contributed by atoms with van der Waals surface area (Å²) in [5, 5.41) is 0. The molecule has 1 fully saturated rings. The van der Waals surface area contributed by atoms with Crippen molar-refractivity contribution in [3.05, 3.63) is 76.4 Å². The van der Waals surface area contributed by atoms with Crippen molar-refractivity contribution in [1.29, 1.82) is 0 Å². The third-order valence-corrected chi connectivity index (χ3v) is 5.97. The maximum atomic E-state index is 3.53. The molecule has 0 bridgehead atoms. The van der Waals surface area contributed by atoms with Crippen molar-refractivity contribution < 1.29 is 0 Å². The zero-order valence-corrected chi connectivity index (χ0v) is 16.3. The highest BCUT2D eigenvalue weighted by atomic mass is 79.9. The molecule has 1 heterocycles. The fourth-order valence-electron chi connectivity index (χ4n) is 4.06. The van der Waals surface area contributed by atoms with Gasteiger partial charge in [0.05, 0.1) is 5.69 Å². The lowest BCUT2D eigenvalue weighted by molar-refractivity contribution is 0.443. The Kier molecular flexibility index (Phi) is 4.80. The van der Waals surface area contributed by atoms with Crippen molar-refractivity contribution >= 4 is 15.9 Å². The minimum atomic E-state index is 0.763. The molecule has 0 aliphatic heterocycles. The molecule has 128 valence electrons. The molecule has 0 amide bonds. The fraction of sp³-hybridized carbons (Fsp3) is 0.304. The van der Waals surface area contributed by atoms with Crippen molar-refractivity contribution in [1.82, 2.24) is 4.57 Å². The second-order valence-electron chi connectivity index (χ2n) is 7.13. The van der Waals surface area contributed by atoms with E-state index in [0.29, 0.717) is 0 Å². The highest BCUT2D eigenvalue weighted by Crippen LogP contribution is 2.34. The Morgan fingerprint density at radius 3 is 2.16 bits per heavy atom. The molecule has 1 saturated carbocycles. The van der Waals surface area contributed by atoms with E-state index in [4.69, 9.17) is 0 Å². The van der Waals surface area contributed by atoms with Crippen LogP contribution in [0.4, 0.5) is 0 Å². The van der Waals surface area contributed by atoms with E-state index in [0.717, 1.165) is 10.4 Å². The van der Waals surface area contributed by atoms with Crippen LogP contribution in [0.15, 0.2) is 65.1 Å². The van der Waals surface area contributed by atoms with E-state index in [-0.39, 0.29) is 0 Å². The van der Waals surface area contributed by atoms with Gasteiger partial charge in [0.1, 0.15) is 0 Å². The van der Waals surface area contributed by atoms with Crippen molar-refractivity contribution in [3.8, 4) is 16.9 Å². The monoisotopic (exact) mass is 393 g/mol. The quantitative estimate of drug-likeness (QED) is 0.440. The average Bonchev–Trinajstić information content (AvgIpc) is 3.05. The summed E-state index contributed by atoms with van der Waals surface area (Å²) in [6.07, 6.45) is 6.89. The Bertz CT molecular complexity index is 837. The highest BCUT2D eigenvalue weighted by molar-refractivity contribution is 9.10. The van der Waals surface area contributed by atoms with E-state index in [1.807, 2.05) is 0 Å². The molecule has 0 atom stereocenters. The number of halogens is 1. The van der Waals surface area contributed by atoms with Gasteiger partial charge in [0.15, 0.2) is 0 Å². The van der Waals surface area contributed by atoms with Gasteiger partial charge in [0.25, 0.3) is 0 Å². The summed E-state index contributed by atoms with van der Waals surface area (Å²) < 4.78 is 3.47. The van der Waals surface area contributed by atoms with Gasteiger partial charge in [-0.3, -0.25) is 0 Å². The largest absolute Gasteiger partial charge is 0.314 e. The van der Waals surface area contributed by atoms with Crippen LogP contribution in [0.5, 0.6) is 0 Å². The van der Waals surface area contributed by atoms with Crippen LogP contribution in [0, 0.1) is 6.92 Å². The Labute approximate surface area is 158 Å². The number of nitrogens with zero attached hydrogens (tertiary/aromatic N) is 1. The third-order valence-electron chi connectivity index (χ3n) is 5.44. The fourth-order valence-corrected chi connectivity index (χ4v) is 4.32. The van der Waals surface area contributed by atoms with E-state index in [1.165, 1.54) is 60.3 Å². The summed E-state index contributed by atoms with van der Waals surface area (Å²) in [5.74, 6) is 0.763. The SMILES string of the molecule is Cc1ccc(-c2ccc(Br)cc2)n1-c1ccc(C2CCCCC2)cc1. The molecule has 3 aromatic rings. The van der Waals surface area contributed by atoms with E-state index < -0.39 is 0 Å². The lowest BCUT2D eigenvalue weighted by Crippen LogP contribution is -2.05. The molecule has 0 unspecified atom stereocenters. The highest BCUT2D eigenvalue weighted by Gasteiger charge is 2.16. The molecule has 1 aromatic heterocycles. The summed E-state index contributed by atoms with van der Waals surface area (Å²) in [6, 6.07) is 22.2. The molecule has 4 rings (SSSR count). The van der Waals surface area contributed by atoms with Gasteiger partial charge in [-0.15, -0.1) is 0 Å². The van der Waals surface area contributed by atoms with Gasteiger partial charge in [-0.05, 0) is 73.2 Å². The Morgan fingerprint density at radius 2 is 1.48 bits per heavy atom. The van der Waals surface area contributed by atoms with Crippen LogP contribution >= 0.6 is 15.9 Å². The first kappa shape index (κ1) is 16.7. The number of rotatable bonds is 3. The Balaban J connectivity index is 1.67. The van der Waals surface area contributed by atoms with Crippen LogP contribution in [0.1, 0.15) is 49.3 Å². The van der Waals surface area contributed by atoms with Gasteiger partial charge in [0, 0.05) is 15.9 Å². The first-order valence-electron chi connectivity index (χ1n) is 9.27. The first-order chi connectivity index (χ1) is 12.2. The van der Waals surface area contributed by atoms with E-state index >= 15 is 0 Å². The summed E-state index contributed by atoms with van der Waals surface area (Å²) >= 11 is 3.53. The predicted molar refractivity (Wildman–Crippen MR) is 109 cm³/mol. The Morgan fingerprint density at radius 1 is 0.800 bits per heavy atom. The average molecular weight is 394 g/mol. The molecule has 1 nitrogen and oxygen atoms in total. The standard InChI is InChI=1S/C23H24BrN/c1-17-7-16-23(20-8-12-21(24)13-9-20)25(17)22-14-10-19(11-15-22)18-5-3-2-4-6-18/h7-16,18H,2-6H2,1H3. The number of benzene rings is 2. The summed E-state index contributed by atoms with van der Waals surface area (Å²) in [4.78, 5) is 0. The lowest BCUT2D eigenvalue weighted by Gasteiger charge is -2.22. The number of aryl methyl sites for hydroxylation is 1. The summed E-state index contributed by atoms with van der Waals surface area (Å²) in [6.45, 7) is 2.18. The van der Waals surface area contributed by atoms with Crippen LogP contribution in [0.3, 0.4) is 0 Å². The van der Waals surface area contributed by atoms with E-state index in [1.54, 1.807) is 0 Å². The normalized spacial score (nSPS) is 15.4. The van der Waals surface area contributed by atoms with Gasteiger partial charge in [-0.25, -0.2) is 0 Å². The van der Waals surface area contributed by atoms with Crippen molar-refractivity contribution in [3.63, 3.8) is 0 Å². The number of hydrogen-bond donors (Lipinski definition) is 0. The molecule has 0 N–H and O–H groups in total. The maximum absolute atomic E-state index is 3.53. The van der Waals surface area contributed by atoms with Crippen LogP contribution < -0.4 is 0 Å². The minimum absolute atomic E-state index is 0.763. The summed E-state index contributed by atoms with van der Waals surface area (Å²) in [5.41, 5.74) is 6.52. The zero-order chi connectivity index (χ0) is 17.2. The minimum Gasteiger partial charge on any atom is -0.314 e. The number of aromatic nitrogens is 1. The maximum Gasteiger partial charge on any atom is 0.0531 e. The zero-order valence-electron chi connectivity index (χ0n) is 14.7. The molecular weight excluding hydrogens is 370 g/mol. The van der Waals surface area contributed by atoms with Crippen molar-refractivity contribution in [2.45, 2.75) is 44.9 Å². The van der Waals surface area contributed by atoms with Gasteiger partial charge >= 0.3 is 0 Å². The van der Waals surface area contributed by atoms with Gasteiger partial charge in [-0.1, -0.05) is 59.5 Å². The molecule has 0 radical (unpaired) electrons. The molecule has 0 saturated heterocycles. The van der Waals surface area contributed by atoms with Crippen LogP contribution in [0.2, 0.25) is 0 Å². The third kappa shape index (κ3) is 3.46.